The average molecular weight is 314 g/mol. The van der Waals surface area contributed by atoms with Gasteiger partial charge in [0.25, 0.3) is 5.69 Å². The van der Waals surface area contributed by atoms with Crippen molar-refractivity contribution in [2.24, 2.45) is 0 Å². The molecule has 0 radical (unpaired) electrons. The fourth-order valence-corrected chi connectivity index (χ4v) is 3.43. The second-order valence-electron chi connectivity index (χ2n) is 4.48. The van der Waals surface area contributed by atoms with Crippen LogP contribution in [0.2, 0.25) is 0 Å². The summed E-state index contributed by atoms with van der Waals surface area (Å²) in [5.74, 6) is -0.0515. The molecule has 7 nitrogen and oxygen atoms in total. The highest BCUT2D eigenvalue weighted by Crippen LogP contribution is 2.30. The van der Waals surface area contributed by atoms with Gasteiger partial charge in [-0.3, -0.25) is 10.1 Å². The van der Waals surface area contributed by atoms with Crippen molar-refractivity contribution in [2.75, 3.05) is 20.2 Å². The van der Waals surface area contributed by atoms with Crippen molar-refractivity contribution in [2.45, 2.75) is 18.7 Å². The summed E-state index contributed by atoms with van der Waals surface area (Å²) >= 11 is 0. The Kier molecular flexibility index (Phi) is 5.45. The maximum Gasteiger partial charge on any atom is 0.273 e. The van der Waals surface area contributed by atoms with Crippen molar-refractivity contribution >= 4 is 15.7 Å². The molecule has 0 heterocycles. The van der Waals surface area contributed by atoms with E-state index >= 15 is 0 Å². The molecule has 0 aliphatic heterocycles. The summed E-state index contributed by atoms with van der Waals surface area (Å²) in [5.41, 5.74) is 0.468. The third kappa shape index (κ3) is 3.79. The maximum atomic E-state index is 12.6. The second-order valence-corrected chi connectivity index (χ2v) is 6.39. The number of nitro benzene ring substituents is 1. The first kappa shape index (κ1) is 17.1. The van der Waals surface area contributed by atoms with Gasteiger partial charge in [0, 0.05) is 19.2 Å². The van der Waals surface area contributed by atoms with Crippen LogP contribution in [0.4, 0.5) is 5.69 Å². The molecule has 8 heteroatoms. The molecule has 0 atom stereocenters. The minimum absolute atomic E-state index is 0.0515. The number of benzene rings is 1. The number of methoxy groups -OCH3 is 1. The van der Waals surface area contributed by atoms with E-state index in [1.165, 1.54) is 17.5 Å². The van der Waals surface area contributed by atoms with E-state index in [1.807, 2.05) is 0 Å². The number of hydrogen-bond acceptors (Lipinski definition) is 5. The first-order valence-corrected chi connectivity index (χ1v) is 7.65. The van der Waals surface area contributed by atoms with Crippen LogP contribution >= 0.6 is 0 Å². The third-order valence-electron chi connectivity index (χ3n) is 2.77. The first-order valence-electron chi connectivity index (χ1n) is 6.21. The smallest absolute Gasteiger partial charge is 0.273 e. The number of nitrogens with zero attached hydrogens (tertiary/aromatic N) is 2. The van der Waals surface area contributed by atoms with Crippen molar-refractivity contribution in [1.82, 2.24) is 4.31 Å². The van der Waals surface area contributed by atoms with E-state index in [2.05, 4.69) is 6.58 Å². The Hall–Kier alpha value is -1.93. The van der Waals surface area contributed by atoms with E-state index in [1.54, 1.807) is 13.8 Å². The molecule has 0 spiro atoms. The van der Waals surface area contributed by atoms with E-state index in [4.69, 9.17) is 4.74 Å². The number of hydrogen-bond donors (Lipinski definition) is 0. The van der Waals surface area contributed by atoms with Gasteiger partial charge in [0.15, 0.2) is 0 Å². The maximum absolute atomic E-state index is 12.6. The fourth-order valence-electron chi connectivity index (χ4n) is 1.79. The summed E-state index contributed by atoms with van der Waals surface area (Å²) in [6.45, 7) is 7.58. The highest BCUT2D eigenvalue weighted by Gasteiger charge is 2.27. The molecule has 0 amide bonds. The summed E-state index contributed by atoms with van der Waals surface area (Å²) in [4.78, 5) is 10.0. The normalized spacial score (nSPS) is 11.4. The van der Waals surface area contributed by atoms with Crippen molar-refractivity contribution in [1.29, 1.82) is 0 Å². The Labute approximate surface area is 124 Å². The van der Waals surface area contributed by atoms with Crippen molar-refractivity contribution < 1.29 is 18.1 Å². The lowest BCUT2D eigenvalue weighted by Gasteiger charge is -2.21. The number of rotatable bonds is 7. The molecular weight excluding hydrogens is 296 g/mol. The van der Waals surface area contributed by atoms with E-state index < -0.39 is 14.9 Å². The van der Waals surface area contributed by atoms with Crippen LogP contribution in [0.15, 0.2) is 35.2 Å². The molecule has 0 N–H and O–H groups in total. The fraction of sp³-hybridized carbons (Fsp3) is 0.385. The van der Waals surface area contributed by atoms with Crippen LogP contribution < -0.4 is 4.74 Å². The van der Waals surface area contributed by atoms with Crippen LogP contribution in [0, 0.1) is 10.1 Å². The molecule has 0 bridgehead atoms. The Morgan fingerprint density at radius 2 is 2.10 bits per heavy atom. The molecule has 0 aromatic heterocycles. The summed E-state index contributed by atoms with van der Waals surface area (Å²) in [6, 6.07) is 3.43. The predicted molar refractivity (Wildman–Crippen MR) is 78.9 cm³/mol. The van der Waals surface area contributed by atoms with E-state index in [0.29, 0.717) is 5.57 Å². The minimum Gasteiger partial charge on any atom is -0.495 e. The highest BCUT2D eigenvalue weighted by atomic mass is 32.2. The van der Waals surface area contributed by atoms with Crippen LogP contribution in [0.1, 0.15) is 13.8 Å². The predicted octanol–water partition coefficient (Wildman–Crippen LogP) is 2.19. The summed E-state index contributed by atoms with van der Waals surface area (Å²) < 4.78 is 31.4. The summed E-state index contributed by atoms with van der Waals surface area (Å²) in [6.07, 6.45) is 0. The zero-order valence-electron chi connectivity index (χ0n) is 12.2. The number of nitro groups is 1. The van der Waals surface area contributed by atoms with Gasteiger partial charge in [-0.1, -0.05) is 19.1 Å². The highest BCUT2D eigenvalue weighted by molar-refractivity contribution is 7.89. The van der Waals surface area contributed by atoms with Gasteiger partial charge >= 0.3 is 0 Å². The molecule has 0 unspecified atom stereocenters. The van der Waals surface area contributed by atoms with Gasteiger partial charge in [-0.15, -0.1) is 0 Å². The molecule has 0 aliphatic carbocycles. The molecule has 21 heavy (non-hydrogen) atoms. The van der Waals surface area contributed by atoms with Crippen molar-refractivity contribution in [3.63, 3.8) is 0 Å². The van der Waals surface area contributed by atoms with Gasteiger partial charge in [0.05, 0.1) is 18.1 Å². The van der Waals surface area contributed by atoms with Gasteiger partial charge < -0.3 is 4.74 Å². The SMILES string of the molecule is C=C(C)CN(CC)S(=O)(=O)c1ccc([N+](=O)[O-])cc1OC. The number of non-ortho nitro benzene ring substituents is 1. The molecule has 0 saturated heterocycles. The molecule has 1 aromatic carbocycles. The van der Waals surface area contributed by atoms with Crippen LogP contribution in [0.3, 0.4) is 0 Å². The van der Waals surface area contributed by atoms with Crippen LogP contribution in [-0.2, 0) is 10.0 Å². The molecule has 1 rings (SSSR count). The minimum atomic E-state index is -3.81. The monoisotopic (exact) mass is 314 g/mol. The van der Waals surface area contributed by atoms with Crippen LogP contribution in [0.5, 0.6) is 5.75 Å². The summed E-state index contributed by atoms with van der Waals surface area (Å²) in [5, 5.41) is 10.7. The Bertz CT molecular complexity index is 655. The largest absolute Gasteiger partial charge is 0.495 e. The van der Waals surface area contributed by atoms with E-state index in [0.717, 1.165) is 12.1 Å². The van der Waals surface area contributed by atoms with Crippen LogP contribution in [0.25, 0.3) is 0 Å². The van der Waals surface area contributed by atoms with Crippen LogP contribution in [-0.4, -0.2) is 37.8 Å². The lowest BCUT2D eigenvalue weighted by Crippen LogP contribution is -2.32. The van der Waals surface area contributed by atoms with Gasteiger partial charge in [0.2, 0.25) is 10.0 Å². The number of ether oxygens (including phenoxy) is 1. The van der Waals surface area contributed by atoms with Gasteiger partial charge in [-0.25, -0.2) is 8.42 Å². The Balaban J connectivity index is 3.36. The van der Waals surface area contributed by atoms with Gasteiger partial charge in [-0.05, 0) is 13.0 Å². The average Bonchev–Trinajstić information content (AvgIpc) is 2.43. The first-order chi connectivity index (χ1) is 9.73. The standard InChI is InChI=1S/C13H18N2O5S/c1-5-14(9-10(2)3)21(18,19)13-7-6-11(15(16)17)8-12(13)20-4/h6-8H,2,5,9H2,1,3-4H3. The summed E-state index contributed by atoms with van der Waals surface area (Å²) in [7, 11) is -2.54. The Morgan fingerprint density at radius 1 is 1.48 bits per heavy atom. The van der Waals surface area contributed by atoms with Crippen molar-refractivity contribution in [3.05, 3.63) is 40.5 Å². The van der Waals surface area contributed by atoms with E-state index in [9.17, 15) is 18.5 Å². The zero-order valence-corrected chi connectivity index (χ0v) is 13.0. The van der Waals surface area contributed by atoms with Gasteiger partial charge in [-0.2, -0.15) is 4.31 Å². The van der Waals surface area contributed by atoms with Crippen molar-refractivity contribution in [3.8, 4) is 5.75 Å². The van der Waals surface area contributed by atoms with E-state index in [-0.39, 0.29) is 29.4 Å². The zero-order chi connectivity index (χ0) is 16.2. The quantitative estimate of drug-likeness (QED) is 0.437. The topological polar surface area (TPSA) is 89.8 Å². The lowest BCUT2D eigenvalue weighted by molar-refractivity contribution is -0.385. The molecular formula is C13H18N2O5S. The van der Waals surface area contributed by atoms with Gasteiger partial charge in [0.1, 0.15) is 10.6 Å². The second kappa shape index (κ2) is 6.68. The third-order valence-corrected chi connectivity index (χ3v) is 4.74. The molecule has 1 aromatic rings. The molecule has 0 aliphatic rings. The molecule has 116 valence electrons. The number of sulfonamides is 1. The molecule has 0 saturated carbocycles. The number of likely N-dealkylation sites (N-methyl/N-ethyl adjacent to an activating group) is 1. The molecule has 0 fully saturated rings. The Morgan fingerprint density at radius 3 is 2.52 bits per heavy atom. The lowest BCUT2D eigenvalue weighted by atomic mass is 10.3.